The van der Waals surface area contributed by atoms with Gasteiger partial charge in [0.15, 0.2) is 5.84 Å². The van der Waals surface area contributed by atoms with E-state index in [1.54, 1.807) is 30.3 Å². The second-order valence-corrected chi connectivity index (χ2v) is 6.17. The Morgan fingerprint density at radius 1 is 1.19 bits per heavy atom. The van der Waals surface area contributed by atoms with Crippen molar-refractivity contribution in [2.75, 3.05) is 4.72 Å². The molecule has 0 saturated carbocycles. The molecule has 0 aliphatic carbocycles. The minimum absolute atomic E-state index is 0.0913. The van der Waals surface area contributed by atoms with Gasteiger partial charge >= 0.3 is 0 Å². The summed E-state index contributed by atoms with van der Waals surface area (Å²) in [5, 5.41) is 11.5. The maximum absolute atomic E-state index is 12.2. The summed E-state index contributed by atoms with van der Waals surface area (Å²) in [4.78, 5) is 0.169. The lowest BCUT2D eigenvalue weighted by Crippen LogP contribution is -2.15. The average molecular weight is 305 g/mol. The summed E-state index contributed by atoms with van der Waals surface area (Å²) in [5.74, 6) is -0.0913. The Morgan fingerprint density at radius 2 is 1.86 bits per heavy atom. The number of sulfonamides is 1. The van der Waals surface area contributed by atoms with Crippen molar-refractivity contribution in [2.45, 2.75) is 11.8 Å². The molecule has 0 aliphatic rings. The van der Waals surface area contributed by atoms with Crippen LogP contribution in [0.25, 0.3) is 0 Å². The predicted molar refractivity (Wildman–Crippen MR) is 80.9 cm³/mol. The Bertz CT molecular complexity index is 768. The molecule has 0 atom stereocenters. The van der Waals surface area contributed by atoms with Crippen LogP contribution in [0, 0.1) is 6.92 Å². The van der Waals surface area contributed by atoms with Crippen molar-refractivity contribution in [3.63, 3.8) is 0 Å². The number of benzene rings is 2. The third-order valence-electron chi connectivity index (χ3n) is 2.85. The first-order valence-corrected chi connectivity index (χ1v) is 7.58. The molecule has 6 nitrogen and oxygen atoms in total. The van der Waals surface area contributed by atoms with Crippen LogP contribution in [0.15, 0.2) is 58.6 Å². The molecule has 2 rings (SSSR count). The zero-order valence-corrected chi connectivity index (χ0v) is 12.1. The number of hydrogen-bond donors (Lipinski definition) is 3. The minimum atomic E-state index is -3.67. The molecule has 0 aliphatic heterocycles. The summed E-state index contributed by atoms with van der Waals surface area (Å²) in [6, 6.07) is 12.8. The lowest BCUT2D eigenvalue weighted by Gasteiger charge is -2.09. The number of oxime groups is 1. The van der Waals surface area contributed by atoms with Crippen LogP contribution in [0.5, 0.6) is 0 Å². The second kappa shape index (κ2) is 5.84. The maximum Gasteiger partial charge on any atom is 0.261 e. The fourth-order valence-corrected chi connectivity index (χ4v) is 2.78. The molecule has 0 aromatic heterocycles. The van der Waals surface area contributed by atoms with Crippen LogP contribution in [0.2, 0.25) is 0 Å². The molecule has 7 heteroatoms. The summed E-state index contributed by atoms with van der Waals surface area (Å²) in [6.07, 6.45) is 0. The third kappa shape index (κ3) is 3.51. The van der Waals surface area contributed by atoms with Crippen LogP contribution in [-0.4, -0.2) is 19.5 Å². The molecule has 0 bridgehead atoms. The van der Waals surface area contributed by atoms with Crippen LogP contribution >= 0.6 is 0 Å². The number of anilines is 1. The summed E-state index contributed by atoms with van der Waals surface area (Å²) in [6.45, 7) is 1.88. The number of hydrogen-bond acceptors (Lipinski definition) is 4. The molecule has 2 aromatic rings. The van der Waals surface area contributed by atoms with Gasteiger partial charge in [-0.15, -0.1) is 0 Å². The average Bonchev–Trinajstić information content (AvgIpc) is 2.46. The Kier molecular flexibility index (Phi) is 4.13. The number of rotatable bonds is 4. The highest BCUT2D eigenvalue weighted by Gasteiger charge is 2.14. The summed E-state index contributed by atoms with van der Waals surface area (Å²) in [5.41, 5.74) is 7.20. The summed E-state index contributed by atoms with van der Waals surface area (Å²) >= 11 is 0. The van der Waals surface area contributed by atoms with Crippen LogP contribution in [0.1, 0.15) is 11.1 Å². The topological polar surface area (TPSA) is 105 Å². The normalized spacial score (nSPS) is 12.1. The molecule has 110 valence electrons. The van der Waals surface area contributed by atoms with E-state index in [4.69, 9.17) is 10.9 Å². The highest BCUT2D eigenvalue weighted by Crippen LogP contribution is 2.17. The minimum Gasteiger partial charge on any atom is -0.409 e. The molecule has 2 aromatic carbocycles. The van der Waals surface area contributed by atoms with Crippen molar-refractivity contribution < 1.29 is 13.6 Å². The fourth-order valence-electron chi connectivity index (χ4n) is 1.73. The van der Waals surface area contributed by atoms with E-state index in [0.29, 0.717) is 11.3 Å². The van der Waals surface area contributed by atoms with Gasteiger partial charge in [-0.1, -0.05) is 35.0 Å². The molecule has 21 heavy (non-hydrogen) atoms. The lowest BCUT2D eigenvalue weighted by atomic mass is 10.2. The van der Waals surface area contributed by atoms with E-state index in [9.17, 15) is 8.42 Å². The predicted octanol–water partition coefficient (Wildman–Crippen LogP) is 1.89. The molecule has 0 saturated heterocycles. The Hall–Kier alpha value is -2.54. The van der Waals surface area contributed by atoms with E-state index in [1.807, 2.05) is 6.92 Å². The van der Waals surface area contributed by atoms with E-state index < -0.39 is 10.0 Å². The van der Waals surface area contributed by atoms with Gasteiger partial charge in [0, 0.05) is 11.3 Å². The SMILES string of the molecule is Cc1ccc(S(=O)(=O)Nc2cccc(/C(N)=N\O)c2)cc1. The van der Waals surface area contributed by atoms with Crippen molar-refractivity contribution >= 4 is 21.5 Å². The van der Waals surface area contributed by atoms with Gasteiger partial charge in [-0.05, 0) is 31.2 Å². The maximum atomic E-state index is 12.2. The molecule has 0 heterocycles. The van der Waals surface area contributed by atoms with E-state index in [0.717, 1.165) is 5.56 Å². The molecule has 0 spiro atoms. The number of amidine groups is 1. The first-order chi connectivity index (χ1) is 9.92. The number of nitrogens with zero attached hydrogens (tertiary/aromatic N) is 1. The molecule has 0 amide bonds. The first-order valence-electron chi connectivity index (χ1n) is 6.10. The van der Waals surface area contributed by atoms with Gasteiger partial charge < -0.3 is 10.9 Å². The van der Waals surface area contributed by atoms with Crippen LogP contribution in [-0.2, 0) is 10.0 Å². The molecular weight excluding hydrogens is 290 g/mol. The Balaban J connectivity index is 2.31. The number of nitrogens with two attached hydrogens (primary N) is 1. The fraction of sp³-hybridized carbons (Fsp3) is 0.0714. The zero-order valence-electron chi connectivity index (χ0n) is 11.3. The van der Waals surface area contributed by atoms with E-state index in [1.165, 1.54) is 18.2 Å². The highest BCUT2D eigenvalue weighted by atomic mass is 32.2. The summed E-state index contributed by atoms with van der Waals surface area (Å²) in [7, 11) is -3.67. The monoisotopic (exact) mass is 305 g/mol. The van der Waals surface area contributed by atoms with Gasteiger partial charge in [0.1, 0.15) is 0 Å². The van der Waals surface area contributed by atoms with Gasteiger partial charge in [-0.3, -0.25) is 4.72 Å². The van der Waals surface area contributed by atoms with Gasteiger partial charge in [-0.25, -0.2) is 8.42 Å². The van der Waals surface area contributed by atoms with Gasteiger partial charge in [-0.2, -0.15) is 0 Å². The summed E-state index contributed by atoms with van der Waals surface area (Å²) < 4.78 is 26.9. The van der Waals surface area contributed by atoms with Crippen molar-refractivity contribution in [3.05, 3.63) is 59.7 Å². The zero-order chi connectivity index (χ0) is 15.5. The van der Waals surface area contributed by atoms with E-state index in [2.05, 4.69) is 9.88 Å². The Morgan fingerprint density at radius 3 is 2.48 bits per heavy atom. The lowest BCUT2D eigenvalue weighted by molar-refractivity contribution is 0.318. The first kappa shape index (κ1) is 14.9. The van der Waals surface area contributed by atoms with Gasteiger partial charge in [0.2, 0.25) is 0 Å². The standard InChI is InChI=1S/C14H15N3O3S/c1-10-5-7-13(8-6-10)21(19,20)17-12-4-2-3-11(9-12)14(15)16-18/h2-9,17-18H,1H3,(H2,15,16). The van der Waals surface area contributed by atoms with Crippen molar-refractivity contribution in [1.29, 1.82) is 0 Å². The van der Waals surface area contributed by atoms with Crippen LogP contribution < -0.4 is 10.5 Å². The largest absolute Gasteiger partial charge is 0.409 e. The quantitative estimate of drug-likeness (QED) is 0.347. The molecule has 0 fully saturated rings. The number of aryl methyl sites for hydroxylation is 1. The van der Waals surface area contributed by atoms with E-state index >= 15 is 0 Å². The second-order valence-electron chi connectivity index (χ2n) is 4.48. The molecule has 0 unspecified atom stereocenters. The van der Waals surface area contributed by atoms with Gasteiger partial charge in [0.25, 0.3) is 10.0 Å². The third-order valence-corrected chi connectivity index (χ3v) is 4.25. The van der Waals surface area contributed by atoms with Crippen LogP contribution in [0.3, 0.4) is 0 Å². The highest BCUT2D eigenvalue weighted by molar-refractivity contribution is 7.92. The Labute approximate surface area is 123 Å². The van der Waals surface area contributed by atoms with Crippen molar-refractivity contribution in [3.8, 4) is 0 Å². The molecular formula is C14H15N3O3S. The van der Waals surface area contributed by atoms with E-state index in [-0.39, 0.29) is 10.7 Å². The van der Waals surface area contributed by atoms with Crippen molar-refractivity contribution in [1.82, 2.24) is 0 Å². The van der Waals surface area contributed by atoms with Gasteiger partial charge in [0.05, 0.1) is 4.90 Å². The number of nitrogens with one attached hydrogen (secondary N) is 1. The van der Waals surface area contributed by atoms with Crippen LogP contribution in [0.4, 0.5) is 5.69 Å². The van der Waals surface area contributed by atoms with Crippen molar-refractivity contribution in [2.24, 2.45) is 10.9 Å². The smallest absolute Gasteiger partial charge is 0.261 e. The molecule has 4 N–H and O–H groups in total. The molecule has 0 radical (unpaired) electrons.